The summed E-state index contributed by atoms with van der Waals surface area (Å²) in [5, 5.41) is 10.4. The molecule has 0 atom stereocenters. The minimum Gasteiger partial charge on any atom is -0.313 e. The molecule has 0 fully saturated rings. The van der Waals surface area contributed by atoms with Gasteiger partial charge in [-0.15, -0.1) is 0 Å². The molecule has 1 aromatic carbocycles. The first-order valence-corrected chi connectivity index (χ1v) is 6.99. The van der Waals surface area contributed by atoms with E-state index in [1.165, 1.54) is 16.8 Å². The summed E-state index contributed by atoms with van der Waals surface area (Å²) in [6.07, 6.45) is 4.14. The summed E-state index contributed by atoms with van der Waals surface area (Å²) in [7, 11) is 0. The Balaban J connectivity index is 1.64. The van der Waals surface area contributed by atoms with Gasteiger partial charge in [-0.05, 0) is 49.6 Å². The highest BCUT2D eigenvalue weighted by Gasteiger charge is 1.99. The molecule has 0 amide bonds. The second-order valence-corrected chi connectivity index (χ2v) is 5.34. The summed E-state index contributed by atoms with van der Waals surface area (Å²) in [4.78, 5) is 0. The smallest absolute Gasteiger partial charge is 0.0522 e. The number of hydrogen-bond donors (Lipinski definition) is 2. The Morgan fingerprint density at radius 2 is 2.06 bits per heavy atom. The average molecular weight is 308 g/mol. The minimum absolute atomic E-state index is 0.928. The van der Waals surface area contributed by atoms with Crippen molar-refractivity contribution in [3.05, 3.63) is 51.8 Å². The van der Waals surface area contributed by atoms with E-state index >= 15 is 0 Å². The number of hydrogen-bond acceptors (Lipinski definition) is 2. The monoisotopic (exact) mass is 307 g/mol. The van der Waals surface area contributed by atoms with Crippen molar-refractivity contribution in [2.45, 2.75) is 26.3 Å². The molecule has 2 aromatic rings. The fraction of sp³-hybridized carbons (Fsp3) is 0.357. The van der Waals surface area contributed by atoms with Crippen LogP contribution in [0.15, 0.2) is 34.9 Å². The van der Waals surface area contributed by atoms with E-state index in [9.17, 15) is 0 Å². The predicted octanol–water partition coefficient (Wildman–Crippen LogP) is 3.20. The Morgan fingerprint density at radius 3 is 2.72 bits per heavy atom. The molecule has 0 aliphatic heterocycles. The molecule has 1 aromatic heterocycles. The van der Waals surface area contributed by atoms with Crippen LogP contribution in [0.25, 0.3) is 0 Å². The Hall–Kier alpha value is -1.13. The van der Waals surface area contributed by atoms with Crippen LogP contribution in [0.2, 0.25) is 0 Å². The first kappa shape index (κ1) is 13.3. The van der Waals surface area contributed by atoms with Crippen LogP contribution in [0.4, 0.5) is 0 Å². The van der Waals surface area contributed by atoms with E-state index in [-0.39, 0.29) is 0 Å². The second kappa shape index (κ2) is 6.71. The predicted molar refractivity (Wildman–Crippen MR) is 77.5 cm³/mol. The van der Waals surface area contributed by atoms with Crippen molar-refractivity contribution >= 4 is 15.9 Å². The van der Waals surface area contributed by atoms with E-state index in [1.54, 1.807) is 0 Å². The van der Waals surface area contributed by atoms with Gasteiger partial charge in [0.2, 0.25) is 0 Å². The topological polar surface area (TPSA) is 40.7 Å². The first-order valence-electron chi connectivity index (χ1n) is 6.20. The second-order valence-electron chi connectivity index (χ2n) is 4.43. The van der Waals surface area contributed by atoms with Crippen LogP contribution < -0.4 is 5.32 Å². The highest BCUT2D eigenvalue weighted by atomic mass is 79.9. The van der Waals surface area contributed by atoms with Crippen molar-refractivity contribution in [1.29, 1.82) is 0 Å². The molecule has 2 rings (SSSR count). The van der Waals surface area contributed by atoms with Gasteiger partial charge in [0.15, 0.2) is 0 Å². The number of H-pyrrole nitrogens is 1. The van der Waals surface area contributed by atoms with Crippen LogP contribution in [0, 0.1) is 6.92 Å². The van der Waals surface area contributed by atoms with Crippen LogP contribution in [0.5, 0.6) is 0 Å². The quantitative estimate of drug-likeness (QED) is 0.805. The number of nitrogens with zero attached hydrogens (tertiary/aromatic N) is 1. The zero-order valence-electron chi connectivity index (χ0n) is 10.5. The molecule has 0 saturated heterocycles. The molecule has 0 aliphatic carbocycles. The highest BCUT2D eigenvalue weighted by molar-refractivity contribution is 9.10. The van der Waals surface area contributed by atoms with Crippen LogP contribution in [0.3, 0.4) is 0 Å². The van der Waals surface area contributed by atoms with Gasteiger partial charge in [0, 0.05) is 16.7 Å². The lowest BCUT2D eigenvalue weighted by Gasteiger charge is -2.05. The molecule has 96 valence electrons. The van der Waals surface area contributed by atoms with Gasteiger partial charge in [0.1, 0.15) is 0 Å². The van der Waals surface area contributed by atoms with E-state index in [4.69, 9.17) is 0 Å². The molecule has 0 saturated carbocycles. The van der Waals surface area contributed by atoms with Gasteiger partial charge in [0.05, 0.1) is 6.20 Å². The molecule has 18 heavy (non-hydrogen) atoms. The number of aryl methyl sites for hydroxylation is 2. The molecule has 2 N–H and O–H groups in total. The Morgan fingerprint density at radius 1 is 1.28 bits per heavy atom. The zero-order valence-corrected chi connectivity index (χ0v) is 12.1. The van der Waals surface area contributed by atoms with Gasteiger partial charge in [-0.1, -0.05) is 28.1 Å². The molecular formula is C14H18BrN3. The number of aromatic nitrogens is 2. The summed E-state index contributed by atoms with van der Waals surface area (Å²) in [6.45, 7) is 4.02. The fourth-order valence-corrected chi connectivity index (χ4v) is 2.13. The SMILES string of the molecule is Cc1[nH]ncc1CCCNCc1ccc(Br)cc1. The molecule has 1 heterocycles. The maximum Gasteiger partial charge on any atom is 0.0522 e. The largest absolute Gasteiger partial charge is 0.313 e. The Kier molecular flexibility index (Phi) is 4.96. The minimum atomic E-state index is 0.928. The van der Waals surface area contributed by atoms with E-state index in [0.717, 1.165) is 30.4 Å². The fourth-order valence-electron chi connectivity index (χ4n) is 1.87. The van der Waals surface area contributed by atoms with Crippen molar-refractivity contribution in [3.63, 3.8) is 0 Å². The number of benzene rings is 1. The van der Waals surface area contributed by atoms with Gasteiger partial charge in [-0.25, -0.2) is 0 Å². The molecule has 0 radical (unpaired) electrons. The third kappa shape index (κ3) is 3.96. The summed E-state index contributed by atoms with van der Waals surface area (Å²) in [5.74, 6) is 0. The Labute approximate surface area is 116 Å². The molecule has 3 nitrogen and oxygen atoms in total. The molecule has 0 aliphatic rings. The van der Waals surface area contributed by atoms with Crippen molar-refractivity contribution in [3.8, 4) is 0 Å². The van der Waals surface area contributed by atoms with Crippen molar-refractivity contribution in [2.75, 3.05) is 6.54 Å². The number of rotatable bonds is 6. The summed E-state index contributed by atoms with van der Waals surface area (Å²) < 4.78 is 1.13. The molecule has 4 heteroatoms. The third-order valence-electron chi connectivity index (χ3n) is 2.98. The zero-order chi connectivity index (χ0) is 12.8. The maximum absolute atomic E-state index is 4.03. The van der Waals surface area contributed by atoms with Crippen LogP contribution in [-0.4, -0.2) is 16.7 Å². The third-order valence-corrected chi connectivity index (χ3v) is 3.51. The van der Waals surface area contributed by atoms with Gasteiger partial charge >= 0.3 is 0 Å². The van der Waals surface area contributed by atoms with Crippen LogP contribution >= 0.6 is 15.9 Å². The van der Waals surface area contributed by atoms with Crippen LogP contribution in [0.1, 0.15) is 23.2 Å². The van der Waals surface area contributed by atoms with Gasteiger partial charge in [-0.2, -0.15) is 5.10 Å². The first-order chi connectivity index (χ1) is 8.75. The lowest BCUT2D eigenvalue weighted by Crippen LogP contribution is -2.15. The van der Waals surface area contributed by atoms with Crippen molar-refractivity contribution in [2.24, 2.45) is 0 Å². The van der Waals surface area contributed by atoms with Gasteiger partial charge in [0.25, 0.3) is 0 Å². The van der Waals surface area contributed by atoms with Crippen molar-refractivity contribution < 1.29 is 0 Å². The van der Waals surface area contributed by atoms with Crippen LogP contribution in [-0.2, 0) is 13.0 Å². The van der Waals surface area contributed by atoms with E-state index in [2.05, 4.69) is 62.6 Å². The normalized spacial score (nSPS) is 10.8. The number of aromatic amines is 1. The molecule has 0 unspecified atom stereocenters. The Bertz CT molecular complexity index is 476. The highest BCUT2D eigenvalue weighted by Crippen LogP contribution is 2.10. The molecule has 0 spiro atoms. The summed E-state index contributed by atoms with van der Waals surface area (Å²) >= 11 is 3.44. The lowest BCUT2D eigenvalue weighted by atomic mass is 10.1. The average Bonchev–Trinajstić information content (AvgIpc) is 2.77. The lowest BCUT2D eigenvalue weighted by molar-refractivity contribution is 0.648. The number of nitrogens with one attached hydrogen (secondary N) is 2. The van der Waals surface area contributed by atoms with E-state index in [1.807, 2.05) is 6.20 Å². The van der Waals surface area contributed by atoms with Crippen molar-refractivity contribution in [1.82, 2.24) is 15.5 Å². The summed E-state index contributed by atoms with van der Waals surface area (Å²) in [5.41, 5.74) is 3.82. The molecule has 0 bridgehead atoms. The standard InChI is InChI=1S/C14H18BrN3/c1-11-13(10-17-18-11)3-2-8-16-9-12-4-6-14(15)7-5-12/h4-7,10,16H,2-3,8-9H2,1H3,(H,17,18). The molecular weight excluding hydrogens is 290 g/mol. The maximum atomic E-state index is 4.03. The van der Waals surface area contributed by atoms with E-state index in [0.29, 0.717) is 0 Å². The van der Waals surface area contributed by atoms with Gasteiger partial charge in [-0.3, -0.25) is 5.10 Å². The summed E-state index contributed by atoms with van der Waals surface area (Å²) in [6, 6.07) is 8.42. The number of halogens is 1. The van der Waals surface area contributed by atoms with E-state index < -0.39 is 0 Å². The van der Waals surface area contributed by atoms with Gasteiger partial charge < -0.3 is 5.32 Å².